The minimum Gasteiger partial charge on any atom is -0.367 e. The van der Waals surface area contributed by atoms with E-state index in [4.69, 9.17) is 0 Å². The van der Waals surface area contributed by atoms with Gasteiger partial charge in [-0.3, -0.25) is 14.7 Å². The largest absolute Gasteiger partial charge is 0.367 e. The van der Waals surface area contributed by atoms with Crippen LogP contribution in [0.5, 0.6) is 0 Å². The molecule has 0 radical (unpaired) electrons. The summed E-state index contributed by atoms with van der Waals surface area (Å²) in [6, 6.07) is 17.8. The number of aromatic nitrogens is 4. The Kier molecular flexibility index (Phi) is 4.65. The van der Waals surface area contributed by atoms with Gasteiger partial charge < -0.3 is 4.90 Å². The number of rotatable bonds is 4. The average Bonchev–Trinajstić information content (AvgIpc) is 2.79. The summed E-state index contributed by atoms with van der Waals surface area (Å²) in [6.07, 6.45) is 1.85. The molecule has 0 unspecified atom stereocenters. The number of fused-ring (bicyclic) bond motifs is 2. The fraction of sp³-hybridized carbons (Fsp3) is 0.273. The van der Waals surface area contributed by atoms with Gasteiger partial charge in [0.2, 0.25) is 0 Å². The third-order valence-electron chi connectivity index (χ3n) is 5.58. The zero-order valence-corrected chi connectivity index (χ0v) is 16.1. The summed E-state index contributed by atoms with van der Waals surface area (Å²) >= 11 is 0. The van der Waals surface area contributed by atoms with Crippen LogP contribution in [-0.2, 0) is 6.54 Å². The summed E-state index contributed by atoms with van der Waals surface area (Å²) < 4.78 is 1.48. The number of piperazine rings is 1. The molecule has 2 aromatic carbocycles. The molecule has 7 heteroatoms. The van der Waals surface area contributed by atoms with Gasteiger partial charge in [0.25, 0.3) is 5.56 Å². The van der Waals surface area contributed by atoms with Crippen molar-refractivity contribution in [2.45, 2.75) is 6.54 Å². The molecule has 146 valence electrons. The fourth-order valence-electron chi connectivity index (χ4n) is 3.96. The Hall–Kier alpha value is -3.32. The van der Waals surface area contributed by atoms with Gasteiger partial charge in [0.1, 0.15) is 5.52 Å². The summed E-state index contributed by atoms with van der Waals surface area (Å²) in [5.74, 6) is 0. The highest BCUT2D eigenvalue weighted by molar-refractivity contribution is 5.90. The molecule has 0 bridgehead atoms. The number of anilines is 1. The van der Waals surface area contributed by atoms with Crippen LogP contribution in [0.1, 0.15) is 0 Å². The predicted octanol–water partition coefficient (Wildman–Crippen LogP) is 2.16. The van der Waals surface area contributed by atoms with Crippen molar-refractivity contribution < 1.29 is 0 Å². The molecule has 0 saturated carbocycles. The molecule has 3 heterocycles. The van der Waals surface area contributed by atoms with Gasteiger partial charge in [-0.05, 0) is 24.3 Å². The minimum absolute atomic E-state index is 0.0731. The Balaban J connectivity index is 1.25. The molecule has 1 aliphatic rings. The molecule has 0 atom stereocenters. The number of benzene rings is 2. The number of para-hydroxylation sites is 1. The second kappa shape index (κ2) is 7.60. The van der Waals surface area contributed by atoms with Gasteiger partial charge in [-0.15, -0.1) is 5.10 Å². The van der Waals surface area contributed by atoms with Gasteiger partial charge in [-0.1, -0.05) is 35.5 Å². The molecule has 1 aliphatic heterocycles. The summed E-state index contributed by atoms with van der Waals surface area (Å²) in [6.45, 7) is 5.10. The molecule has 1 saturated heterocycles. The van der Waals surface area contributed by atoms with E-state index in [0.717, 1.165) is 38.2 Å². The van der Waals surface area contributed by atoms with Crippen LogP contribution >= 0.6 is 0 Å². The molecule has 0 aliphatic carbocycles. The quantitative estimate of drug-likeness (QED) is 0.536. The highest BCUT2D eigenvalue weighted by atomic mass is 16.1. The van der Waals surface area contributed by atoms with Gasteiger partial charge in [0, 0.05) is 44.3 Å². The van der Waals surface area contributed by atoms with E-state index < -0.39 is 0 Å². The van der Waals surface area contributed by atoms with Crippen molar-refractivity contribution in [1.29, 1.82) is 0 Å². The van der Waals surface area contributed by atoms with E-state index in [1.807, 2.05) is 30.5 Å². The Morgan fingerprint density at radius 3 is 2.59 bits per heavy atom. The molecule has 0 spiro atoms. The lowest BCUT2D eigenvalue weighted by Gasteiger charge is -2.36. The van der Waals surface area contributed by atoms with Crippen LogP contribution in [0, 0.1) is 0 Å². The van der Waals surface area contributed by atoms with E-state index in [1.165, 1.54) is 15.8 Å². The third kappa shape index (κ3) is 3.45. The van der Waals surface area contributed by atoms with Crippen molar-refractivity contribution in [2.75, 3.05) is 37.6 Å². The highest BCUT2D eigenvalue weighted by Gasteiger charge is 2.19. The lowest BCUT2D eigenvalue weighted by atomic mass is 10.1. The van der Waals surface area contributed by atoms with E-state index in [2.05, 4.69) is 49.4 Å². The molecule has 0 N–H and O–H groups in total. The zero-order valence-electron chi connectivity index (χ0n) is 16.1. The van der Waals surface area contributed by atoms with Gasteiger partial charge in [0.15, 0.2) is 0 Å². The monoisotopic (exact) mass is 386 g/mol. The van der Waals surface area contributed by atoms with Crippen LogP contribution in [0.25, 0.3) is 21.8 Å². The van der Waals surface area contributed by atoms with Gasteiger partial charge >= 0.3 is 0 Å². The van der Waals surface area contributed by atoms with Crippen LogP contribution in [-0.4, -0.2) is 57.6 Å². The summed E-state index contributed by atoms with van der Waals surface area (Å²) in [5, 5.41) is 10.1. The van der Waals surface area contributed by atoms with Crippen LogP contribution in [0.15, 0.2) is 65.6 Å². The molecule has 29 heavy (non-hydrogen) atoms. The Morgan fingerprint density at radius 1 is 0.862 bits per heavy atom. The van der Waals surface area contributed by atoms with E-state index >= 15 is 0 Å². The van der Waals surface area contributed by atoms with Crippen LogP contribution in [0.2, 0.25) is 0 Å². The first-order valence-electron chi connectivity index (χ1n) is 9.93. The molecular formula is C22H22N6O. The highest BCUT2D eigenvalue weighted by Crippen LogP contribution is 2.25. The van der Waals surface area contributed by atoms with Gasteiger partial charge in [-0.25, -0.2) is 4.68 Å². The Morgan fingerprint density at radius 2 is 1.69 bits per heavy atom. The first kappa shape index (κ1) is 17.8. The lowest BCUT2D eigenvalue weighted by Crippen LogP contribution is -2.47. The third-order valence-corrected chi connectivity index (χ3v) is 5.58. The first-order chi connectivity index (χ1) is 14.3. The number of nitrogens with zero attached hydrogens (tertiary/aromatic N) is 6. The van der Waals surface area contributed by atoms with E-state index in [1.54, 1.807) is 6.07 Å². The molecule has 1 fully saturated rings. The topological polar surface area (TPSA) is 67.2 Å². The van der Waals surface area contributed by atoms with Crippen molar-refractivity contribution in [3.8, 4) is 0 Å². The fourth-order valence-corrected chi connectivity index (χ4v) is 3.96. The summed E-state index contributed by atoms with van der Waals surface area (Å²) in [5.41, 5.74) is 2.82. The van der Waals surface area contributed by atoms with Crippen molar-refractivity contribution in [1.82, 2.24) is 24.9 Å². The normalized spacial score (nSPS) is 15.2. The SMILES string of the molecule is O=c1c2ccccc2nnn1CCN1CCN(c2cccc3cccnc23)CC1. The molecule has 2 aromatic heterocycles. The molecule has 0 amide bonds. The van der Waals surface area contributed by atoms with Crippen molar-refractivity contribution in [2.24, 2.45) is 0 Å². The Bertz CT molecular complexity index is 1210. The summed E-state index contributed by atoms with van der Waals surface area (Å²) in [7, 11) is 0. The molecule has 5 rings (SSSR count). The second-order valence-corrected chi connectivity index (χ2v) is 7.32. The van der Waals surface area contributed by atoms with E-state index in [-0.39, 0.29) is 5.56 Å². The number of hydrogen-bond donors (Lipinski definition) is 0. The molecule has 7 nitrogen and oxygen atoms in total. The van der Waals surface area contributed by atoms with Crippen molar-refractivity contribution in [3.05, 3.63) is 71.1 Å². The second-order valence-electron chi connectivity index (χ2n) is 7.32. The first-order valence-corrected chi connectivity index (χ1v) is 9.93. The van der Waals surface area contributed by atoms with E-state index in [0.29, 0.717) is 17.4 Å². The number of hydrogen-bond acceptors (Lipinski definition) is 6. The smallest absolute Gasteiger partial charge is 0.277 e. The van der Waals surface area contributed by atoms with Gasteiger partial charge in [0.05, 0.1) is 23.1 Å². The number of pyridine rings is 1. The lowest BCUT2D eigenvalue weighted by molar-refractivity contribution is 0.242. The summed E-state index contributed by atoms with van der Waals surface area (Å²) in [4.78, 5) is 21.9. The van der Waals surface area contributed by atoms with Crippen molar-refractivity contribution in [3.63, 3.8) is 0 Å². The average molecular weight is 386 g/mol. The maximum Gasteiger partial charge on any atom is 0.277 e. The van der Waals surface area contributed by atoms with Crippen molar-refractivity contribution >= 4 is 27.5 Å². The standard InChI is InChI=1S/C22H22N6O/c29-22-18-7-1-2-8-19(18)24-25-28(22)16-13-26-11-14-27(15-12-26)20-9-3-5-17-6-4-10-23-21(17)20/h1-10H,11-16H2. The minimum atomic E-state index is -0.0731. The maximum atomic E-state index is 12.6. The van der Waals surface area contributed by atoms with Crippen LogP contribution < -0.4 is 10.5 Å². The predicted molar refractivity (Wildman–Crippen MR) is 114 cm³/mol. The molecular weight excluding hydrogens is 364 g/mol. The Labute approximate surface area is 168 Å². The molecule has 4 aromatic rings. The van der Waals surface area contributed by atoms with Gasteiger partial charge in [-0.2, -0.15) is 0 Å². The maximum absolute atomic E-state index is 12.6. The van der Waals surface area contributed by atoms with E-state index in [9.17, 15) is 4.79 Å². The van der Waals surface area contributed by atoms with Crippen LogP contribution in [0.4, 0.5) is 5.69 Å². The van der Waals surface area contributed by atoms with Crippen LogP contribution in [0.3, 0.4) is 0 Å². The zero-order chi connectivity index (χ0) is 19.6.